The number of aromatic amines is 1. The van der Waals surface area contributed by atoms with E-state index in [4.69, 9.17) is 5.10 Å². The molecule has 6 nitrogen and oxygen atoms in total. The zero-order valence-electron chi connectivity index (χ0n) is 17.2. The molecule has 2 aromatic heterocycles. The molecule has 1 saturated heterocycles. The highest BCUT2D eigenvalue weighted by Crippen LogP contribution is 2.23. The Bertz CT molecular complexity index is 1150. The number of carbonyl (C=O) groups excluding carboxylic acids is 1. The van der Waals surface area contributed by atoms with Crippen LogP contribution in [0.4, 0.5) is 5.82 Å². The van der Waals surface area contributed by atoms with Gasteiger partial charge in [-0.2, -0.15) is 5.10 Å². The third kappa shape index (κ3) is 3.92. The van der Waals surface area contributed by atoms with E-state index in [0.29, 0.717) is 18.8 Å². The van der Waals surface area contributed by atoms with Crippen LogP contribution in [0.2, 0.25) is 0 Å². The predicted molar refractivity (Wildman–Crippen MR) is 120 cm³/mol. The number of nitrogens with zero attached hydrogens (tertiary/aromatic N) is 4. The number of amides is 1. The third-order valence-electron chi connectivity index (χ3n) is 5.60. The Morgan fingerprint density at radius 1 is 0.806 bits per heavy atom. The summed E-state index contributed by atoms with van der Waals surface area (Å²) < 4.78 is 1.77. The number of hydrogen-bond acceptors (Lipinski definition) is 3. The summed E-state index contributed by atoms with van der Waals surface area (Å²) in [6.45, 7) is 2.92. The summed E-state index contributed by atoms with van der Waals surface area (Å²) >= 11 is 0. The van der Waals surface area contributed by atoms with Gasteiger partial charge in [-0.05, 0) is 24.3 Å². The van der Waals surface area contributed by atoms with Crippen LogP contribution in [-0.2, 0) is 0 Å². The van der Waals surface area contributed by atoms with Crippen molar-refractivity contribution in [3.05, 3.63) is 96.8 Å². The topological polar surface area (TPSA) is 55.5 Å². The maximum Gasteiger partial charge on any atom is 0.274 e. The van der Waals surface area contributed by atoms with E-state index in [1.807, 2.05) is 90.0 Å². The van der Waals surface area contributed by atoms with Gasteiger partial charge in [-0.3, -0.25) is 9.69 Å². The summed E-state index contributed by atoms with van der Waals surface area (Å²) in [5.74, 6) is 1.09. The highest BCUT2D eigenvalue weighted by atomic mass is 16.2. The maximum atomic E-state index is 13.5. The Morgan fingerprint density at radius 2 is 1.48 bits per heavy atom. The minimum absolute atomic E-state index is 0.00947. The fourth-order valence-electron chi connectivity index (χ4n) is 3.94. The van der Waals surface area contributed by atoms with Gasteiger partial charge in [-0.25, -0.2) is 9.67 Å². The summed E-state index contributed by atoms with van der Waals surface area (Å²) in [5, 5.41) is 4.78. The molecule has 1 N–H and O–H groups in total. The summed E-state index contributed by atoms with van der Waals surface area (Å²) in [5.41, 5.74) is 3.26. The second-order valence-electron chi connectivity index (χ2n) is 7.56. The number of para-hydroxylation sites is 1. The monoisotopic (exact) mass is 410 g/mol. The molecule has 4 aromatic rings. The molecular formula is C25H24N5O+. The average Bonchev–Trinajstić information content (AvgIpc) is 3.31. The van der Waals surface area contributed by atoms with Crippen molar-refractivity contribution in [2.75, 3.05) is 31.1 Å². The molecule has 154 valence electrons. The third-order valence-corrected chi connectivity index (χ3v) is 5.60. The number of nitrogens with one attached hydrogen (secondary N) is 1. The molecule has 1 amide bonds. The average molecular weight is 411 g/mol. The minimum atomic E-state index is 0.00947. The van der Waals surface area contributed by atoms with Gasteiger partial charge in [0.15, 0.2) is 0 Å². The lowest BCUT2D eigenvalue weighted by molar-refractivity contribution is -0.364. The first-order chi connectivity index (χ1) is 15.3. The predicted octanol–water partition coefficient (Wildman–Crippen LogP) is 3.32. The fourth-order valence-corrected chi connectivity index (χ4v) is 3.94. The van der Waals surface area contributed by atoms with E-state index >= 15 is 0 Å². The number of aromatic nitrogens is 3. The van der Waals surface area contributed by atoms with E-state index in [1.165, 1.54) is 0 Å². The van der Waals surface area contributed by atoms with Gasteiger partial charge in [0.1, 0.15) is 18.8 Å². The van der Waals surface area contributed by atoms with Crippen LogP contribution in [0.5, 0.6) is 0 Å². The molecular weight excluding hydrogens is 386 g/mol. The molecule has 1 fully saturated rings. The normalized spacial score (nSPS) is 13.9. The zero-order chi connectivity index (χ0) is 21.0. The second kappa shape index (κ2) is 8.44. The lowest BCUT2D eigenvalue weighted by atomic mass is 10.1. The Morgan fingerprint density at radius 3 is 2.16 bits per heavy atom. The molecule has 31 heavy (non-hydrogen) atoms. The second-order valence-corrected chi connectivity index (χ2v) is 7.56. The largest absolute Gasteiger partial charge is 0.329 e. The van der Waals surface area contributed by atoms with Gasteiger partial charge in [0.05, 0.1) is 30.7 Å². The standard InChI is InChI=1S/C25H23N5O/c31-25(29-17-15-28(16-18-29)24-13-7-8-14-26-24)23-19-22(20-9-3-1-4-10-20)27-30(23)21-11-5-2-6-12-21/h1-14,19H,15-18H2/p+1. The molecule has 0 unspecified atom stereocenters. The molecule has 0 aliphatic carbocycles. The van der Waals surface area contributed by atoms with Gasteiger partial charge in [0.2, 0.25) is 0 Å². The lowest BCUT2D eigenvalue weighted by Gasteiger charge is -2.31. The van der Waals surface area contributed by atoms with Gasteiger partial charge in [-0.1, -0.05) is 54.6 Å². The van der Waals surface area contributed by atoms with Crippen LogP contribution in [0.25, 0.3) is 16.9 Å². The van der Waals surface area contributed by atoms with E-state index in [0.717, 1.165) is 35.9 Å². The van der Waals surface area contributed by atoms with Crippen molar-refractivity contribution in [2.45, 2.75) is 0 Å². The van der Waals surface area contributed by atoms with Crippen molar-refractivity contribution in [1.82, 2.24) is 14.7 Å². The number of rotatable bonds is 4. The molecule has 0 spiro atoms. The van der Waals surface area contributed by atoms with Crippen molar-refractivity contribution < 1.29 is 9.78 Å². The summed E-state index contributed by atoms with van der Waals surface area (Å²) in [6.07, 6.45) is 1.93. The van der Waals surface area contributed by atoms with Crippen molar-refractivity contribution in [3.63, 3.8) is 0 Å². The first-order valence-corrected chi connectivity index (χ1v) is 10.5. The minimum Gasteiger partial charge on any atom is -0.329 e. The molecule has 1 aliphatic heterocycles. The Hall–Kier alpha value is -3.93. The van der Waals surface area contributed by atoms with Gasteiger partial charge in [-0.15, -0.1) is 0 Å². The summed E-state index contributed by atoms with van der Waals surface area (Å²) in [6, 6.07) is 27.8. The van der Waals surface area contributed by atoms with Gasteiger partial charge in [0, 0.05) is 11.6 Å². The molecule has 0 atom stereocenters. The van der Waals surface area contributed by atoms with Crippen LogP contribution in [0.3, 0.4) is 0 Å². The Kier molecular flexibility index (Phi) is 5.19. The van der Waals surface area contributed by atoms with Crippen molar-refractivity contribution in [2.24, 2.45) is 0 Å². The summed E-state index contributed by atoms with van der Waals surface area (Å²) in [7, 11) is 0. The number of benzene rings is 2. The van der Waals surface area contributed by atoms with Crippen LogP contribution >= 0.6 is 0 Å². The van der Waals surface area contributed by atoms with Crippen LogP contribution in [0.1, 0.15) is 10.5 Å². The van der Waals surface area contributed by atoms with Gasteiger partial charge in [0.25, 0.3) is 11.7 Å². The molecule has 0 bridgehead atoms. The van der Waals surface area contributed by atoms with Crippen molar-refractivity contribution in [1.29, 1.82) is 0 Å². The molecule has 0 saturated carbocycles. The van der Waals surface area contributed by atoms with E-state index in [-0.39, 0.29) is 5.91 Å². The molecule has 6 heteroatoms. The highest BCUT2D eigenvalue weighted by molar-refractivity contribution is 5.94. The molecule has 0 radical (unpaired) electrons. The van der Waals surface area contributed by atoms with Gasteiger partial charge < -0.3 is 4.90 Å². The van der Waals surface area contributed by atoms with Crippen LogP contribution in [0.15, 0.2) is 91.1 Å². The van der Waals surface area contributed by atoms with E-state index < -0.39 is 0 Å². The highest BCUT2D eigenvalue weighted by Gasteiger charge is 2.29. The van der Waals surface area contributed by atoms with E-state index in [1.54, 1.807) is 4.68 Å². The van der Waals surface area contributed by atoms with Crippen LogP contribution < -0.4 is 9.88 Å². The SMILES string of the molecule is O=C(c1cc(-c2ccccc2)nn1-c1ccccc1)N1CCN(c2cccc[nH+]2)CC1. The molecule has 2 aromatic carbocycles. The number of H-pyrrole nitrogens is 1. The summed E-state index contributed by atoms with van der Waals surface area (Å²) in [4.78, 5) is 21.0. The first-order valence-electron chi connectivity index (χ1n) is 10.5. The lowest BCUT2D eigenvalue weighted by Crippen LogP contribution is -2.50. The van der Waals surface area contributed by atoms with Crippen molar-refractivity contribution >= 4 is 11.7 Å². The zero-order valence-corrected chi connectivity index (χ0v) is 17.2. The molecule has 5 rings (SSSR count). The Balaban J connectivity index is 1.42. The smallest absolute Gasteiger partial charge is 0.274 e. The van der Waals surface area contributed by atoms with E-state index in [2.05, 4.69) is 16.0 Å². The first kappa shape index (κ1) is 19.1. The van der Waals surface area contributed by atoms with Crippen molar-refractivity contribution in [3.8, 4) is 16.9 Å². The van der Waals surface area contributed by atoms with E-state index in [9.17, 15) is 4.79 Å². The number of piperazine rings is 1. The maximum absolute atomic E-state index is 13.5. The van der Waals surface area contributed by atoms with Crippen LogP contribution in [0, 0.1) is 0 Å². The Labute approximate surface area is 181 Å². The molecule has 3 heterocycles. The number of hydrogen-bond donors (Lipinski definition) is 0. The van der Waals surface area contributed by atoms with Crippen LogP contribution in [-0.4, -0.2) is 46.8 Å². The quantitative estimate of drug-likeness (QED) is 0.519. The number of anilines is 1. The van der Waals surface area contributed by atoms with Gasteiger partial charge >= 0.3 is 0 Å². The fraction of sp³-hybridized carbons (Fsp3) is 0.160. The number of carbonyl (C=O) groups is 1. The molecule has 1 aliphatic rings. The number of pyridine rings is 1.